The second-order valence-corrected chi connectivity index (χ2v) is 8.24. The molecule has 1 N–H and O–H groups in total. The molecule has 6 heteroatoms. The molecule has 162 valence electrons. The zero-order valence-electron chi connectivity index (χ0n) is 18.0. The van der Waals surface area contributed by atoms with Crippen molar-refractivity contribution in [3.05, 3.63) is 70.9 Å². The Hall–Kier alpha value is -2.86. The van der Waals surface area contributed by atoms with Crippen LogP contribution in [0.5, 0.6) is 11.5 Å². The molecule has 0 amide bonds. The number of allylic oxidation sites excluding steroid dienone is 1. The van der Waals surface area contributed by atoms with Gasteiger partial charge in [-0.25, -0.2) is 0 Å². The lowest BCUT2D eigenvalue weighted by Gasteiger charge is -2.41. The van der Waals surface area contributed by atoms with Crippen molar-refractivity contribution >= 4 is 23.1 Å². The summed E-state index contributed by atoms with van der Waals surface area (Å²) in [4.78, 5) is 15.1. The minimum absolute atomic E-state index is 0.199. The van der Waals surface area contributed by atoms with Crippen LogP contribution in [-0.4, -0.2) is 29.5 Å². The van der Waals surface area contributed by atoms with Gasteiger partial charge in [0.05, 0.1) is 13.2 Å². The molecule has 0 radical (unpaired) electrons. The second-order valence-electron chi connectivity index (χ2n) is 7.86. The number of hydrogen-bond donors (Lipinski definition) is 1. The van der Waals surface area contributed by atoms with Crippen molar-refractivity contribution in [3.8, 4) is 11.5 Å². The molecule has 5 nitrogen and oxygen atoms in total. The van der Waals surface area contributed by atoms with E-state index in [1.165, 1.54) is 0 Å². The third-order valence-electron chi connectivity index (χ3n) is 5.76. The van der Waals surface area contributed by atoms with Crippen LogP contribution in [0.15, 0.2) is 59.8 Å². The first-order valence-corrected chi connectivity index (χ1v) is 11.2. The van der Waals surface area contributed by atoms with Gasteiger partial charge in [0.25, 0.3) is 0 Å². The number of hydrogen-bond acceptors (Lipinski definition) is 4. The quantitative estimate of drug-likeness (QED) is 0.622. The predicted molar refractivity (Wildman–Crippen MR) is 125 cm³/mol. The molecule has 0 bridgehead atoms. The second kappa shape index (κ2) is 9.52. The summed E-state index contributed by atoms with van der Waals surface area (Å²) in [5.41, 5.74) is 3.95. The van der Waals surface area contributed by atoms with Crippen LogP contribution in [-0.2, 0) is 11.4 Å². The predicted octanol–water partition coefficient (Wildman–Crippen LogP) is 4.92. The van der Waals surface area contributed by atoms with Crippen LogP contribution in [0.1, 0.15) is 49.8 Å². The fourth-order valence-corrected chi connectivity index (χ4v) is 4.60. The smallest absolute Gasteiger partial charge is 0.173 e. The first-order valence-electron chi connectivity index (χ1n) is 10.8. The van der Waals surface area contributed by atoms with Gasteiger partial charge in [0.1, 0.15) is 6.61 Å². The van der Waals surface area contributed by atoms with E-state index in [0.717, 1.165) is 48.2 Å². The van der Waals surface area contributed by atoms with Crippen LogP contribution in [0.2, 0.25) is 0 Å². The Balaban J connectivity index is 1.68. The Bertz CT molecular complexity index is 1000. The Morgan fingerprint density at radius 1 is 1.13 bits per heavy atom. The number of carbonyl (C=O) groups is 1. The summed E-state index contributed by atoms with van der Waals surface area (Å²) in [5, 5.41) is 4.10. The Morgan fingerprint density at radius 3 is 2.68 bits per heavy atom. The molecule has 1 unspecified atom stereocenters. The van der Waals surface area contributed by atoms with Crippen LogP contribution >= 0.6 is 12.2 Å². The lowest BCUT2D eigenvalue weighted by molar-refractivity contribution is -0.116. The number of ketones is 1. The third-order valence-corrected chi connectivity index (χ3v) is 6.10. The molecule has 0 fully saturated rings. The van der Waals surface area contributed by atoms with E-state index in [9.17, 15) is 4.79 Å². The summed E-state index contributed by atoms with van der Waals surface area (Å²) in [6.07, 6.45) is 3.31. The normalized spacial score (nSPS) is 18.5. The average Bonchev–Trinajstić information content (AvgIpc) is 2.80. The fourth-order valence-electron chi connectivity index (χ4n) is 4.28. The van der Waals surface area contributed by atoms with E-state index in [2.05, 4.69) is 17.1 Å². The monoisotopic (exact) mass is 436 g/mol. The zero-order chi connectivity index (χ0) is 21.8. The highest BCUT2D eigenvalue weighted by molar-refractivity contribution is 7.80. The molecule has 2 aromatic rings. The average molecular weight is 437 g/mol. The first-order chi connectivity index (χ1) is 15.1. The number of carbonyl (C=O) groups excluding carboxylic acids is 1. The summed E-state index contributed by atoms with van der Waals surface area (Å²) in [6, 6.07) is 15.6. The zero-order valence-corrected chi connectivity index (χ0v) is 18.8. The van der Waals surface area contributed by atoms with Crippen molar-refractivity contribution in [2.45, 2.75) is 45.3 Å². The summed E-state index contributed by atoms with van der Waals surface area (Å²) in [6.45, 7) is 3.38. The molecule has 4 rings (SSSR count). The number of benzene rings is 2. The molecule has 0 aromatic heterocycles. The lowest BCUT2D eigenvalue weighted by atomic mass is 9.84. The number of rotatable bonds is 7. The number of thiocarbonyl (C=S) groups is 1. The van der Waals surface area contributed by atoms with Crippen LogP contribution in [0, 0.1) is 0 Å². The minimum atomic E-state index is -0.270. The molecule has 1 atom stereocenters. The Labute approximate surface area is 189 Å². The molecular weight excluding hydrogens is 408 g/mol. The van der Waals surface area contributed by atoms with Gasteiger partial charge in [-0.15, -0.1) is 0 Å². The lowest BCUT2D eigenvalue weighted by Crippen LogP contribution is -2.49. The number of nitrogens with one attached hydrogen (secondary N) is 1. The molecule has 2 aromatic carbocycles. The molecule has 0 saturated carbocycles. The Kier molecular flexibility index (Phi) is 6.56. The molecule has 1 aliphatic heterocycles. The number of methoxy groups -OCH3 is 1. The van der Waals surface area contributed by atoms with Gasteiger partial charge in [0, 0.05) is 24.2 Å². The van der Waals surface area contributed by atoms with E-state index in [-0.39, 0.29) is 11.8 Å². The van der Waals surface area contributed by atoms with Crippen molar-refractivity contribution in [3.63, 3.8) is 0 Å². The van der Waals surface area contributed by atoms with E-state index in [0.29, 0.717) is 29.6 Å². The van der Waals surface area contributed by atoms with Crippen LogP contribution in [0.3, 0.4) is 0 Å². The van der Waals surface area contributed by atoms with E-state index in [4.69, 9.17) is 21.7 Å². The summed E-state index contributed by atoms with van der Waals surface area (Å²) < 4.78 is 11.6. The molecule has 1 aliphatic carbocycles. The maximum absolute atomic E-state index is 13.0. The molecule has 1 heterocycles. The van der Waals surface area contributed by atoms with Crippen LogP contribution < -0.4 is 14.8 Å². The van der Waals surface area contributed by atoms with Crippen molar-refractivity contribution in [2.24, 2.45) is 0 Å². The SMILES string of the molecule is CCCN1C(=S)NC(c2ccc(OC)c(OCc3ccccc3)c2)C2=C1CCCC2=O. The van der Waals surface area contributed by atoms with Crippen molar-refractivity contribution in [1.29, 1.82) is 0 Å². The van der Waals surface area contributed by atoms with E-state index in [1.54, 1.807) is 7.11 Å². The topological polar surface area (TPSA) is 50.8 Å². The minimum Gasteiger partial charge on any atom is -0.493 e. The highest BCUT2D eigenvalue weighted by Crippen LogP contribution is 2.40. The fraction of sp³-hybridized carbons (Fsp3) is 0.360. The summed E-state index contributed by atoms with van der Waals surface area (Å²) >= 11 is 5.69. The largest absolute Gasteiger partial charge is 0.493 e. The molecule has 0 saturated heterocycles. The molecule has 2 aliphatic rings. The van der Waals surface area contributed by atoms with Crippen molar-refractivity contribution in [1.82, 2.24) is 10.2 Å². The maximum atomic E-state index is 13.0. The number of ether oxygens (including phenoxy) is 2. The van der Waals surface area contributed by atoms with Crippen LogP contribution in [0.4, 0.5) is 0 Å². The molecular formula is C25H28N2O3S. The number of Topliss-reactive ketones (excluding diaryl/α,β-unsaturated/α-hetero) is 1. The van der Waals surface area contributed by atoms with E-state index < -0.39 is 0 Å². The van der Waals surface area contributed by atoms with E-state index >= 15 is 0 Å². The Morgan fingerprint density at radius 2 is 1.94 bits per heavy atom. The standard InChI is InChI=1S/C25H28N2O3S/c1-3-14-27-19-10-7-11-20(28)23(19)24(26-25(27)31)18-12-13-21(29-2)22(15-18)30-16-17-8-5-4-6-9-17/h4-6,8-9,12-13,15,24H,3,7,10-11,14,16H2,1-2H3,(H,26,31). The highest BCUT2D eigenvalue weighted by Gasteiger charge is 2.37. The summed E-state index contributed by atoms with van der Waals surface area (Å²) in [7, 11) is 1.63. The number of nitrogens with zero attached hydrogens (tertiary/aromatic N) is 1. The maximum Gasteiger partial charge on any atom is 0.173 e. The molecule has 31 heavy (non-hydrogen) atoms. The molecule has 0 spiro atoms. The highest BCUT2D eigenvalue weighted by atomic mass is 32.1. The van der Waals surface area contributed by atoms with Gasteiger partial charge in [0.2, 0.25) is 0 Å². The van der Waals surface area contributed by atoms with Gasteiger partial charge in [0.15, 0.2) is 22.4 Å². The van der Waals surface area contributed by atoms with Gasteiger partial charge in [-0.05, 0) is 54.7 Å². The third kappa shape index (κ3) is 4.44. The van der Waals surface area contributed by atoms with Gasteiger partial charge in [-0.3, -0.25) is 4.79 Å². The van der Waals surface area contributed by atoms with Gasteiger partial charge in [-0.2, -0.15) is 0 Å². The van der Waals surface area contributed by atoms with Gasteiger partial charge < -0.3 is 19.7 Å². The summed E-state index contributed by atoms with van der Waals surface area (Å²) in [5.74, 6) is 1.51. The van der Waals surface area contributed by atoms with Gasteiger partial charge in [-0.1, -0.05) is 43.3 Å². The first kappa shape index (κ1) is 21.4. The van der Waals surface area contributed by atoms with Crippen molar-refractivity contribution in [2.75, 3.05) is 13.7 Å². The van der Waals surface area contributed by atoms with E-state index in [1.807, 2.05) is 48.5 Å². The van der Waals surface area contributed by atoms with Crippen molar-refractivity contribution < 1.29 is 14.3 Å². The van der Waals surface area contributed by atoms with Crippen LogP contribution in [0.25, 0.3) is 0 Å². The van der Waals surface area contributed by atoms with Gasteiger partial charge >= 0.3 is 0 Å².